The number of imidazole rings is 1. The number of nitrogen functional groups attached to an aromatic ring is 1. The molecule has 104 valence electrons. The van der Waals surface area contributed by atoms with Crippen molar-refractivity contribution in [3.05, 3.63) is 66.6 Å². The average Bonchev–Trinajstić information content (AvgIpc) is 2.91. The minimum absolute atomic E-state index is 0.237. The van der Waals surface area contributed by atoms with E-state index in [9.17, 15) is 4.79 Å². The van der Waals surface area contributed by atoms with Crippen molar-refractivity contribution in [1.29, 1.82) is 0 Å². The summed E-state index contributed by atoms with van der Waals surface area (Å²) in [5, 5.41) is 2.74. The third-order valence-corrected chi connectivity index (χ3v) is 3.07. The topological polar surface area (TPSA) is 72.4 Å². The van der Waals surface area contributed by atoms with Crippen LogP contribution in [0.2, 0.25) is 0 Å². The largest absolute Gasteiger partial charge is 0.397 e. The zero-order valence-electron chi connectivity index (χ0n) is 11.2. The summed E-state index contributed by atoms with van der Waals surface area (Å²) in [5.74, 6) is -0.237. The number of nitrogens with two attached hydrogens (primary N) is 1. The van der Waals surface area contributed by atoms with E-state index in [1.54, 1.807) is 24.4 Å². The highest BCUT2D eigenvalue weighted by Gasteiger charge is 2.02. The number of anilines is 2. The van der Waals surface area contributed by atoms with E-state index in [2.05, 4.69) is 10.3 Å². The normalized spacial score (nSPS) is 11.0. The SMILES string of the molecule is Nc1ccccc1NC(=O)C=Cc1cnc2ccccn12. The average molecular weight is 278 g/mol. The molecule has 0 bridgehead atoms. The lowest BCUT2D eigenvalue weighted by molar-refractivity contribution is -0.111. The van der Waals surface area contributed by atoms with Crippen LogP contribution in [0.15, 0.2) is 60.9 Å². The number of nitrogens with zero attached hydrogens (tertiary/aromatic N) is 2. The number of aromatic nitrogens is 2. The van der Waals surface area contributed by atoms with Gasteiger partial charge in [0.1, 0.15) is 5.65 Å². The van der Waals surface area contributed by atoms with Crippen molar-refractivity contribution in [1.82, 2.24) is 9.38 Å². The quantitative estimate of drug-likeness (QED) is 0.571. The number of nitrogens with one attached hydrogen (secondary N) is 1. The third kappa shape index (κ3) is 2.76. The Morgan fingerprint density at radius 3 is 2.86 bits per heavy atom. The van der Waals surface area contributed by atoms with Gasteiger partial charge in [-0.15, -0.1) is 0 Å². The van der Waals surface area contributed by atoms with Crippen LogP contribution in [0, 0.1) is 0 Å². The summed E-state index contributed by atoms with van der Waals surface area (Å²) in [6.07, 6.45) is 6.79. The van der Waals surface area contributed by atoms with Crippen molar-refractivity contribution in [2.45, 2.75) is 0 Å². The van der Waals surface area contributed by atoms with Crippen LogP contribution in [0.4, 0.5) is 11.4 Å². The fraction of sp³-hybridized carbons (Fsp3) is 0. The molecule has 1 aromatic carbocycles. The third-order valence-electron chi connectivity index (χ3n) is 3.07. The van der Waals surface area contributed by atoms with Crippen molar-refractivity contribution >= 4 is 29.0 Å². The van der Waals surface area contributed by atoms with Gasteiger partial charge in [-0.2, -0.15) is 0 Å². The standard InChI is InChI=1S/C16H14N4O/c17-13-5-1-2-6-14(13)19-16(21)9-8-12-11-18-15-7-3-4-10-20(12)15/h1-11H,17H2,(H,19,21). The first-order valence-electron chi connectivity index (χ1n) is 6.50. The fourth-order valence-corrected chi connectivity index (χ4v) is 2.02. The lowest BCUT2D eigenvalue weighted by Crippen LogP contribution is -2.09. The first-order valence-corrected chi connectivity index (χ1v) is 6.50. The van der Waals surface area contributed by atoms with Gasteiger partial charge in [0.05, 0.1) is 23.3 Å². The van der Waals surface area contributed by atoms with Gasteiger partial charge in [0.25, 0.3) is 0 Å². The maximum Gasteiger partial charge on any atom is 0.248 e. The number of fused-ring (bicyclic) bond motifs is 1. The van der Waals surface area contributed by atoms with E-state index in [0.29, 0.717) is 11.4 Å². The molecule has 3 rings (SSSR count). The molecule has 3 aromatic rings. The molecule has 0 fully saturated rings. The molecule has 5 nitrogen and oxygen atoms in total. The Morgan fingerprint density at radius 1 is 1.19 bits per heavy atom. The number of benzene rings is 1. The molecule has 0 saturated carbocycles. The van der Waals surface area contributed by atoms with Gasteiger partial charge in [0.15, 0.2) is 0 Å². The van der Waals surface area contributed by atoms with Crippen LogP contribution < -0.4 is 11.1 Å². The molecule has 0 radical (unpaired) electrons. The van der Waals surface area contributed by atoms with Crippen molar-refractivity contribution in [3.63, 3.8) is 0 Å². The zero-order chi connectivity index (χ0) is 14.7. The molecule has 2 aromatic heterocycles. The molecular formula is C16H14N4O. The van der Waals surface area contributed by atoms with Gasteiger partial charge in [-0.25, -0.2) is 4.98 Å². The summed E-state index contributed by atoms with van der Waals surface area (Å²) in [6, 6.07) is 12.9. The minimum atomic E-state index is -0.237. The Morgan fingerprint density at radius 2 is 2.00 bits per heavy atom. The summed E-state index contributed by atoms with van der Waals surface area (Å²) in [6.45, 7) is 0. The number of pyridine rings is 1. The molecule has 0 spiro atoms. The number of rotatable bonds is 3. The lowest BCUT2D eigenvalue weighted by Gasteiger charge is -2.04. The highest BCUT2D eigenvalue weighted by Crippen LogP contribution is 2.16. The maximum absolute atomic E-state index is 11.9. The van der Waals surface area contributed by atoms with Crippen LogP contribution >= 0.6 is 0 Å². The predicted octanol–water partition coefficient (Wildman–Crippen LogP) is 2.57. The molecule has 5 heteroatoms. The predicted molar refractivity (Wildman–Crippen MR) is 83.7 cm³/mol. The second-order valence-corrected chi connectivity index (χ2v) is 4.52. The van der Waals surface area contributed by atoms with Gasteiger partial charge in [-0.3, -0.25) is 4.79 Å². The summed E-state index contributed by atoms with van der Waals surface area (Å²) in [5.41, 5.74) is 8.59. The van der Waals surface area contributed by atoms with Gasteiger partial charge >= 0.3 is 0 Å². The molecule has 1 amide bonds. The molecule has 0 aliphatic carbocycles. The Kier molecular flexibility index (Phi) is 3.39. The molecule has 21 heavy (non-hydrogen) atoms. The van der Waals surface area contributed by atoms with E-state index < -0.39 is 0 Å². The highest BCUT2D eigenvalue weighted by atomic mass is 16.1. The zero-order valence-corrected chi connectivity index (χ0v) is 11.2. The lowest BCUT2D eigenvalue weighted by atomic mass is 10.2. The number of hydrogen-bond acceptors (Lipinski definition) is 3. The summed E-state index contributed by atoms with van der Waals surface area (Å²) in [7, 11) is 0. The molecule has 0 unspecified atom stereocenters. The van der Waals surface area contributed by atoms with Gasteiger partial charge < -0.3 is 15.5 Å². The maximum atomic E-state index is 11.9. The molecule has 0 atom stereocenters. The molecule has 3 N–H and O–H groups in total. The number of carbonyl (C=O) groups is 1. The first-order chi connectivity index (χ1) is 10.2. The van der Waals surface area contributed by atoms with E-state index in [1.165, 1.54) is 6.08 Å². The molecule has 2 heterocycles. The van der Waals surface area contributed by atoms with E-state index in [0.717, 1.165) is 11.3 Å². The van der Waals surface area contributed by atoms with E-state index in [4.69, 9.17) is 5.73 Å². The van der Waals surface area contributed by atoms with Gasteiger partial charge in [0.2, 0.25) is 5.91 Å². The monoisotopic (exact) mass is 278 g/mol. The Balaban J connectivity index is 1.77. The van der Waals surface area contributed by atoms with Crippen molar-refractivity contribution in [3.8, 4) is 0 Å². The van der Waals surface area contributed by atoms with Crippen LogP contribution in [0.25, 0.3) is 11.7 Å². The summed E-state index contributed by atoms with van der Waals surface area (Å²) < 4.78 is 1.90. The van der Waals surface area contributed by atoms with E-state index >= 15 is 0 Å². The Bertz CT molecular complexity index is 820. The van der Waals surface area contributed by atoms with Gasteiger partial charge in [-0.05, 0) is 30.3 Å². The fourth-order valence-electron chi connectivity index (χ4n) is 2.02. The van der Waals surface area contributed by atoms with Crippen LogP contribution in [0.5, 0.6) is 0 Å². The second-order valence-electron chi connectivity index (χ2n) is 4.52. The highest BCUT2D eigenvalue weighted by molar-refractivity contribution is 6.03. The molecule has 0 saturated heterocycles. The smallest absolute Gasteiger partial charge is 0.248 e. The number of hydrogen-bond donors (Lipinski definition) is 2. The van der Waals surface area contributed by atoms with E-state index in [-0.39, 0.29) is 5.91 Å². The Hall–Kier alpha value is -3.08. The van der Waals surface area contributed by atoms with Crippen LogP contribution in [0.1, 0.15) is 5.69 Å². The number of carbonyl (C=O) groups excluding carboxylic acids is 1. The van der Waals surface area contributed by atoms with Crippen molar-refractivity contribution < 1.29 is 4.79 Å². The summed E-state index contributed by atoms with van der Waals surface area (Å²) in [4.78, 5) is 16.2. The molecule has 0 aliphatic heterocycles. The van der Waals surface area contributed by atoms with Crippen molar-refractivity contribution in [2.24, 2.45) is 0 Å². The molecule has 0 aliphatic rings. The van der Waals surface area contributed by atoms with Crippen molar-refractivity contribution in [2.75, 3.05) is 11.1 Å². The minimum Gasteiger partial charge on any atom is -0.397 e. The van der Waals surface area contributed by atoms with Crippen LogP contribution in [0.3, 0.4) is 0 Å². The van der Waals surface area contributed by atoms with Crippen LogP contribution in [-0.2, 0) is 4.79 Å². The summed E-state index contributed by atoms with van der Waals surface area (Å²) >= 11 is 0. The molecular weight excluding hydrogens is 264 g/mol. The number of amides is 1. The van der Waals surface area contributed by atoms with Crippen LogP contribution in [-0.4, -0.2) is 15.3 Å². The number of para-hydroxylation sites is 2. The van der Waals surface area contributed by atoms with E-state index in [1.807, 2.05) is 40.9 Å². The first kappa shape index (κ1) is 12.9. The van der Waals surface area contributed by atoms with Gasteiger partial charge in [-0.1, -0.05) is 18.2 Å². The Labute approximate surface area is 121 Å². The van der Waals surface area contributed by atoms with Gasteiger partial charge in [0, 0.05) is 12.3 Å². The second kappa shape index (κ2) is 5.50.